The number of nitriles is 1. The highest BCUT2D eigenvalue weighted by atomic mass is 15.3. The molecule has 2 rings (SSSR count). The van der Waals surface area contributed by atoms with Crippen LogP contribution in [0.2, 0.25) is 0 Å². The molecule has 0 radical (unpaired) electrons. The SMILES string of the molecule is Cc1ccc(Cn2nc(C(C)(C)C)c(C#N)c2N)cc1. The minimum atomic E-state index is -0.197. The van der Waals surface area contributed by atoms with Gasteiger partial charge in [0, 0.05) is 5.41 Å². The average Bonchev–Trinajstić information content (AvgIpc) is 2.69. The van der Waals surface area contributed by atoms with Crippen LogP contribution in [0.15, 0.2) is 24.3 Å². The van der Waals surface area contributed by atoms with E-state index >= 15 is 0 Å². The number of rotatable bonds is 2. The Morgan fingerprint density at radius 3 is 2.30 bits per heavy atom. The van der Waals surface area contributed by atoms with Crippen molar-refractivity contribution in [1.29, 1.82) is 5.26 Å². The number of aromatic nitrogens is 2. The van der Waals surface area contributed by atoms with Crippen molar-refractivity contribution in [2.45, 2.75) is 39.7 Å². The van der Waals surface area contributed by atoms with Gasteiger partial charge < -0.3 is 5.73 Å². The summed E-state index contributed by atoms with van der Waals surface area (Å²) in [7, 11) is 0. The summed E-state index contributed by atoms with van der Waals surface area (Å²) in [5.74, 6) is 0.443. The molecule has 1 aromatic carbocycles. The second-order valence-electron chi connectivity index (χ2n) is 6.11. The van der Waals surface area contributed by atoms with E-state index in [2.05, 4.69) is 42.4 Å². The summed E-state index contributed by atoms with van der Waals surface area (Å²) in [5.41, 5.74) is 9.45. The molecule has 2 N–H and O–H groups in total. The number of hydrogen-bond acceptors (Lipinski definition) is 3. The smallest absolute Gasteiger partial charge is 0.140 e. The highest BCUT2D eigenvalue weighted by Crippen LogP contribution is 2.28. The molecule has 20 heavy (non-hydrogen) atoms. The predicted molar refractivity (Wildman–Crippen MR) is 80.3 cm³/mol. The molecule has 0 saturated carbocycles. The monoisotopic (exact) mass is 268 g/mol. The summed E-state index contributed by atoms with van der Waals surface area (Å²) in [6, 6.07) is 10.4. The summed E-state index contributed by atoms with van der Waals surface area (Å²) in [5, 5.41) is 13.8. The fourth-order valence-corrected chi connectivity index (χ4v) is 2.10. The van der Waals surface area contributed by atoms with Crippen LogP contribution < -0.4 is 5.73 Å². The van der Waals surface area contributed by atoms with Crippen LogP contribution in [0.3, 0.4) is 0 Å². The van der Waals surface area contributed by atoms with Crippen molar-refractivity contribution in [3.63, 3.8) is 0 Å². The van der Waals surface area contributed by atoms with Crippen LogP contribution in [-0.4, -0.2) is 9.78 Å². The van der Waals surface area contributed by atoms with Gasteiger partial charge in [0.05, 0.1) is 12.2 Å². The third-order valence-corrected chi connectivity index (χ3v) is 3.27. The van der Waals surface area contributed by atoms with Crippen LogP contribution in [0.4, 0.5) is 5.82 Å². The van der Waals surface area contributed by atoms with Crippen molar-refractivity contribution >= 4 is 5.82 Å². The van der Waals surface area contributed by atoms with E-state index in [0.29, 0.717) is 17.9 Å². The van der Waals surface area contributed by atoms with Crippen molar-refractivity contribution in [2.75, 3.05) is 5.73 Å². The maximum Gasteiger partial charge on any atom is 0.140 e. The summed E-state index contributed by atoms with van der Waals surface area (Å²) in [6.07, 6.45) is 0. The molecule has 0 aliphatic carbocycles. The largest absolute Gasteiger partial charge is 0.383 e. The first-order chi connectivity index (χ1) is 9.32. The van der Waals surface area contributed by atoms with Gasteiger partial charge in [-0.1, -0.05) is 50.6 Å². The van der Waals surface area contributed by atoms with E-state index in [-0.39, 0.29) is 5.41 Å². The highest BCUT2D eigenvalue weighted by molar-refractivity contribution is 5.54. The fourth-order valence-electron chi connectivity index (χ4n) is 2.10. The molecule has 0 atom stereocenters. The van der Waals surface area contributed by atoms with E-state index in [9.17, 15) is 5.26 Å². The van der Waals surface area contributed by atoms with Crippen molar-refractivity contribution in [2.24, 2.45) is 0 Å². The molecule has 0 aliphatic heterocycles. The van der Waals surface area contributed by atoms with Crippen molar-refractivity contribution in [3.05, 3.63) is 46.6 Å². The van der Waals surface area contributed by atoms with Crippen molar-refractivity contribution < 1.29 is 0 Å². The van der Waals surface area contributed by atoms with Gasteiger partial charge in [0.2, 0.25) is 0 Å². The van der Waals surface area contributed by atoms with Gasteiger partial charge in [0.15, 0.2) is 0 Å². The molecule has 104 valence electrons. The quantitative estimate of drug-likeness (QED) is 0.910. The number of nitrogens with two attached hydrogens (primary N) is 1. The first-order valence-electron chi connectivity index (χ1n) is 6.65. The third kappa shape index (κ3) is 2.67. The van der Waals surface area contributed by atoms with E-state index in [0.717, 1.165) is 11.3 Å². The number of anilines is 1. The summed E-state index contributed by atoms with van der Waals surface area (Å²) in [6.45, 7) is 8.73. The molecular formula is C16H20N4. The standard InChI is InChI=1S/C16H20N4/c1-11-5-7-12(8-6-11)10-20-15(18)13(9-17)14(19-20)16(2,3)4/h5-8H,10,18H2,1-4H3. The number of nitrogen functional groups attached to an aromatic ring is 1. The number of aryl methyl sites for hydroxylation is 1. The molecule has 0 spiro atoms. The molecular weight excluding hydrogens is 248 g/mol. The summed E-state index contributed by atoms with van der Waals surface area (Å²) < 4.78 is 1.71. The molecule has 0 unspecified atom stereocenters. The number of nitrogens with zero attached hydrogens (tertiary/aromatic N) is 3. The van der Waals surface area contributed by atoms with Gasteiger partial charge >= 0.3 is 0 Å². The first-order valence-corrected chi connectivity index (χ1v) is 6.65. The maximum atomic E-state index is 9.30. The normalized spacial score (nSPS) is 11.3. The van der Waals surface area contributed by atoms with Gasteiger partial charge in [0.25, 0.3) is 0 Å². The molecule has 0 saturated heterocycles. The van der Waals surface area contributed by atoms with Gasteiger partial charge in [-0.05, 0) is 12.5 Å². The van der Waals surface area contributed by atoms with Gasteiger partial charge in [-0.15, -0.1) is 0 Å². The second kappa shape index (κ2) is 5.01. The molecule has 0 bridgehead atoms. The van der Waals surface area contributed by atoms with Crippen LogP contribution in [0.1, 0.15) is 43.2 Å². The Morgan fingerprint density at radius 2 is 1.85 bits per heavy atom. The third-order valence-electron chi connectivity index (χ3n) is 3.27. The topological polar surface area (TPSA) is 67.6 Å². The maximum absolute atomic E-state index is 9.30. The molecule has 0 amide bonds. The van der Waals surface area contributed by atoms with Crippen molar-refractivity contribution in [1.82, 2.24) is 9.78 Å². The summed E-state index contributed by atoms with van der Waals surface area (Å²) in [4.78, 5) is 0. The Hall–Kier alpha value is -2.28. The minimum absolute atomic E-state index is 0.197. The first kappa shape index (κ1) is 14.1. The molecule has 1 aromatic heterocycles. The van der Waals surface area contributed by atoms with E-state index in [1.165, 1.54) is 5.56 Å². The van der Waals surface area contributed by atoms with Crippen molar-refractivity contribution in [3.8, 4) is 6.07 Å². The van der Waals surface area contributed by atoms with Crippen LogP contribution in [0.5, 0.6) is 0 Å². The van der Waals surface area contributed by atoms with Crippen LogP contribution in [0.25, 0.3) is 0 Å². The van der Waals surface area contributed by atoms with Crippen LogP contribution in [0, 0.1) is 18.3 Å². The van der Waals surface area contributed by atoms with E-state index in [4.69, 9.17) is 5.73 Å². The zero-order valence-electron chi connectivity index (χ0n) is 12.4. The Labute approximate surface area is 119 Å². The Morgan fingerprint density at radius 1 is 1.25 bits per heavy atom. The van der Waals surface area contributed by atoms with Gasteiger partial charge in [-0.25, -0.2) is 4.68 Å². The number of benzene rings is 1. The predicted octanol–water partition coefficient (Wildman–Crippen LogP) is 2.99. The van der Waals surface area contributed by atoms with Gasteiger partial charge in [0.1, 0.15) is 17.5 Å². The molecule has 4 heteroatoms. The zero-order valence-corrected chi connectivity index (χ0v) is 12.4. The Balaban J connectivity index is 2.41. The lowest BCUT2D eigenvalue weighted by molar-refractivity contribution is 0.545. The molecule has 0 aliphatic rings. The summed E-state index contributed by atoms with van der Waals surface area (Å²) >= 11 is 0. The molecule has 4 nitrogen and oxygen atoms in total. The van der Waals surface area contributed by atoms with E-state index in [1.807, 2.05) is 20.8 Å². The Kier molecular flexibility index (Phi) is 3.54. The molecule has 0 fully saturated rings. The zero-order chi connectivity index (χ0) is 14.9. The lowest BCUT2D eigenvalue weighted by atomic mass is 9.90. The van der Waals surface area contributed by atoms with Gasteiger partial charge in [-0.3, -0.25) is 0 Å². The Bertz CT molecular complexity index is 652. The number of hydrogen-bond donors (Lipinski definition) is 1. The lowest BCUT2D eigenvalue weighted by Gasteiger charge is -2.15. The molecule has 1 heterocycles. The molecule has 2 aromatic rings. The fraction of sp³-hybridized carbons (Fsp3) is 0.375. The van der Waals surface area contributed by atoms with E-state index in [1.54, 1.807) is 4.68 Å². The van der Waals surface area contributed by atoms with E-state index < -0.39 is 0 Å². The van der Waals surface area contributed by atoms with Gasteiger partial charge in [-0.2, -0.15) is 10.4 Å². The minimum Gasteiger partial charge on any atom is -0.383 e. The lowest BCUT2D eigenvalue weighted by Crippen LogP contribution is -2.14. The highest BCUT2D eigenvalue weighted by Gasteiger charge is 2.25. The van der Waals surface area contributed by atoms with Crippen LogP contribution >= 0.6 is 0 Å². The second-order valence-corrected chi connectivity index (χ2v) is 6.11. The average molecular weight is 268 g/mol. The van der Waals surface area contributed by atoms with Crippen LogP contribution in [-0.2, 0) is 12.0 Å².